The molecule has 0 aliphatic carbocycles. The number of hydrogen-bond donors (Lipinski definition) is 3. The van der Waals surface area contributed by atoms with Crippen molar-refractivity contribution in [3.05, 3.63) is 125 Å². The van der Waals surface area contributed by atoms with E-state index in [0.29, 0.717) is 24.0 Å². The topological polar surface area (TPSA) is 102 Å². The first kappa shape index (κ1) is 25.5. The average Bonchev–Trinajstić information content (AvgIpc) is 2.95. The van der Waals surface area contributed by atoms with Crippen molar-refractivity contribution in [1.29, 1.82) is 5.26 Å². The Labute approximate surface area is 217 Å². The third-order valence-electron chi connectivity index (χ3n) is 6.49. The van der Waals surface area contributed by atoms with Crippen LogP contribution in [0.4, 0.5) is 0 Å². The maximum Gasteiger partial charge on any atom is 0.308 e. The summed E-state index contributed by atoms with van der Waals surface area (Å²) in [6.07, 6.45) is 7.30. The summed E-state index contributed by atoms with van der Waals surface area (Å²) >= 11 is 0. The molecule has 0 unspecified atom stereocenters. The second-order valence-electron chi connectivity index (χ2n) is 9.05. The van der Waals surface area contributed by atoms with Crippen LogP contribution >= 0.6 is 0 Å². The molecule has 3 aromatic rings. The molecule has 0 aromatic heterocycles. The molecule has 2 atom stereocenters. The van der Waals surface area contributed by atoms with Crippen LogP contribution < -0.4 is 10.6 Å². The van der Waals surface area contributed by atoms with Crippen LogP contribution in [-0.4, -0.2) is 29.6 Å². The number of allylic oxidation sites excluding steroid dienone is 2. The number of nitrogens with zero attached hydrogens (tertiary/aromatic N) is 1. The van der Waals surface area contributed by atoms with Gasteiger partial charge in [0.25, 0.3) is 5.91 Å². The molecule has 3 N–H and O–H groups in total. The van der Waals surface area contributed by atoms with E-state index in [1.807, 2.05) is 66.9 Å². The number of dihydropyridines is 1. The van der Waals surface area contributed by atoms with Crippen LogP contribution in [0.1, 0.15) is 39.0 Å². The first-order chi connectivity index (χ1) is 18.0. The van der Waals surface area contributed by atoms with Gasteiger partial charge < -0.3 is 15.7 Å². The van der Waals surface area contributed by atoms with E-state index in [1.165, 1.54) is 0 Å². The van der Waals surface area contributed by atoms with Gasteiger partial charge in [0.2, 0.25) is 0 Å². The number of hydrogen-bond acceptors (Lipinski definition) is 4. The molecule has 6 nitrogen and oxygen atoms in total. The lowest BCUT2D eigenvalue weighted by molar-refractivity contribution is -0.142. The van der Waals surface area contributed by atoms with Crippen molar-refractivity contribution < 1.29 is 14.7 Å². The highest BCUT2D eigenvalue weighted by atomic mass is 16.4. The Hall–Kier alpha value is -4.63. The lowest BCUT2D eigenvalue weighted by Gasteiger charge is -2.26. The molecule has 0 saturated heterocycles. The highest BCUT2D eigenvalue weighted by Crippen LogP contribution is 2.21. The number of carboxylic acids is 1. The fourth-order valence-corrected chi connectivity index (χ4v) is 4.48. The summed E-state index contributed by atoms with van der Waals surface area (Å²) in [5.41, 5.74) is 4.79. The second kappa shape index (κ2) is 12.4. The van der Waals surface area contributed by atoms with Crippen LogP contribution in [0.25, 0.3) is 5.57 Å². The van der Waals surface area contributed by atoms with Crippen LogP contribution in [-0.2, 0) is 17.6 Å². The number of nitriles is 1. The minimum absolute atomic E-state index is 0.205. The van der Waals surface area contributed by atoms with Gasteiger partial charge in [-0.1, -0.05) is 66.7 Å². The van der Waals surface area contributed by atoms with Crippen molar-refractivity contribution in [1.82, 2.24) is 10.6 Å². The van der Waals surface area contributed by atoms with E-state index in [9.17, 15) is 20.0 Å². The molecule has 0 spiro atoms. The van der Waals surface area contributed by atoms with E-state index < -0.39 is 17.9 Å². The molecule has 0 radical (unpaired) electrons. The number of carbonyl (C=O) groups excluding carboxylic acids is 1. The van der Waals surface area contributed by atoms with Crippen LogP contribution in [0.15, 0.2) is 97.2 Å². The normalized spacial score (nSPS) is 14.0. The summed E-state index contributed by atoms with van der Waals surface area (Å²) < 4.78 is 0. The third kappa shape index (κ3) is 6.96. The van der Waals surface area contributed by atoms with Crippen LogP contribution in [0.2, 0.25) is 0 Å². The van der Waals surface area contributed by atoms with Crippen molar-refractivity contribution in [2.45, 2.75) is 25.3 Å². The van der Waals surface area contributed by atoms with Gasteiger partial charge in [0.15, 0.2) is 0 Å². The van der Waals surface area contributed by atoms with Crippen molar-refractivity contribution in [3.8, 4) is 6.07 Å². The fraction of sp³-hybridized carbons (Fsp3) is 0.194. The number of rotatable bonds is 10. The molecular weight excluding hydrogens is 462 g/mol. The second-order valence-corrected chi connectivity index (χ2v) is 9.05. The molecule has 0 saturated carbocycles. The molecular formula is C31H29N3O3. The maximum atomic E-state index is 13.2. The molecule has 3 aromatic carbocycles. The fourth-order valence-electron chi connectivity index (χ4n) is 4.48. The van der Waals surface area contributed by atoms with E-state index >= 15 is 0 Å². The third-order valence-corrected chi connectivity index (χ3v) is 6.49. The van der Waals surface area contributed by atoms with E-state index in [4.69, 9.17) is 0 Å². The minimum atomic E-state index is -0.986. The Balaban J connectivity index is 1.54. The van der Waals surface area contributed by atoms with Crippen LogP contribution in [0.3, 0.4) is 0 Å². The van der Waals surface area contributed by atoms with E-state index in [2.05, 4.69) is 16.7 Å². The van der Waals surface area contributed by atoms with Gasteiger partial charge in [-0.3, -0.25) is 9.59 Å². The lowest BCUT2D eigenvalue weighted by atomic mass is 9.87. The molecule has 1 amide bonds. The first-order valence-corrected chi connectivity index (χ1v) is 12.3. The SMILES string of the molecule is N#Cc1cccc(C[C@@H](C(=O)O)[C@@H](CCc2ccccc2)NC(=O)c2ccc(C3=CNCC=C3)cc2)c1. The highest BCUT2D eigenvalue weighted by molar-refractivity contribution is 5.95. The van der Waals surface area contributed by atoms with Gasteiger partial charge >= 0.3 is 5.97 Å². The van der Waals surface area contributed by atoms with Gasteiger partial charge in [-0.25, -0.2) is 0 Å². The highest BCUT2D eigenvalue weighted by Gasteiger charge is 2.30. The van der Waals surface area contributed by atoms with Crippen LogP contribution in [0, 0.1) is 17.2 Å². The van der Waals surface area contributed by atoms with Gasteiger partial charge in [0.1, 0.15) is 0 Å². The number of benzene rings is 3. The standard InChI is InChI=1S/C31H29N3O3/c32-20-24-9-4-8-23(18-24)19-28(31(36)37)29(16-11-22-6-2-1-3-7-22)34-30(35)26-14-12-25(13-15-26)27-10-5-17-33-21-27/h1-10,12-15,18,21,28-29,33H,11,16-17,19H2,(H,34,35)(H,36,37)/t28-,29-/m1/s1. The Kier molecular flexibility index (Phi) is 8.51. The van der Waals surface area contributed by atoms with Gasteiger partial charge in [-0.15, -0.1) is 0 Å². The summed E-state index contributed by atoms with van der Waals surface area (Å²) in [7, 11) is 0. The number of amides is 1. The van der Waals surface area contributed by atoms with E-state index in [-0.39, 0.29) is 12.3 Å². The summed E-state index contributed by atoms with van der Waals surface area (Å²) in [4.78, 5) is 25.7. The predicted molar refractivity (Wildman–Crippen MR) is 144 cm³/mol. The summed E-state index contributed by atoms with van der Waals surface area (Å²) in [5, 5.41) is 25.6. The minimum Gasteiger partial charge on any atom is -0.481 e. The molecule has 0 bridgehead atoms. The van der Waals surface area contributed by atoms with Crippen molar-refractivity contribution in [2.24, 2.45) is 5.92 Å². The lowest BCUT2D eigenvalue weighted by Crippen LogP contribution is -2.44. The molecule has 4 rings (SSSR count). The predicted octanol–water partition coefficient (Wildman–Crippen LogP) is 4.73. The number of carboxylic acid groups (broad SMARTS) is 1. The Morgan fingerprint density at radius 1 is 1.00 bits per heavy atom. The molecule has 186 valence electrons. The zero-order chi connectivity index (χ0) is 26.0. The van der Waals surface area contributed by atoms with E-state index in [1.54, 1.807) is 30.3 Å². The van der Waals surface area contributed by atoms with Gasteiger partial charge in [-0.2, -0.15) is 5.26 Å². The molecule has 37 heavy (non-hydrogen) atoms. The van der Waals surface area contributed by atoms with Crippen molar-refractivity contribution >= 4 is 17.4 Å². The zero-order valence-corrected chi connectivity index (χ0v) is 20.4. The first-order valence-electron chi connectivity index (χ1n) is 12.3. The Morgan fingerprint density at radius 2 is 1.76 bits per heavy atom. The van der Waals surface area contributed by atoms with Crippen molar-refractivity contribution in [2.75, 3.05) is 6.54 Å². The van der Waals surface area contributed by atoms with E-state index in [0.717, 1.165) is 28.8 Å². The Morgan fingerprint density at radius 3 is 2.43 bits per heavy atom. The number of aliphatic carboxylic acids is 1. The molecule has 1 heterocycles. The summed E-state index contributed by atoms with van der Waals surface area (Å²) in [6.45, 7) is 0.792. The van der Waals surface area contributed by atoms with Crippen molar-refractivity contribution in [3.63, 3.8) is 0 Å². The Bertz CT molecular complexity index is 1340. The van der Waals surface area contributed by atoms with Gasteiger partial charge in [-0.05, 0) is 65.8 Å². The maximum absolute atomic E-state index is 13.2. The number of nitrogens with one attached hydrogen (secondary N) is 2. The van der Waals surface area contributed by atoms with Gasteiger partial charge in [0.05, 0.1) is 17.6 Å². The monoisotopic (exact) mass is 491 g/mol. The molecule has 1 aliphatic rings. The smallest absolute Gasteiger partial charge is 0.308 e. The quantitative estimate of drug-likeness (QED) is 0.380. The average molecular weight is 492 g/mol. The zero-order valence-electron chi connectivity index (χ0n) is 20.4. The summed E-state index contributed by atoms with van der Waals surface area (Å²) in [5.74, 6) is -2.16. The number of aryl methyl sites for hydroxylation is 1. The van der Waals surface area contributed by atoms with Gasteiger partial charge in [0, 0.05) is 24.4 Å². The van der Waals surface area contributed by atoms with Crippen LogP contribution in [0.5, 0.6) is 0 Å². The largest absolute Gasteiger partial charge is 0.481 e. The summed E-state index contributed by atoms with van der Waals surface area (Å²) in [6, 6.07) is 25.5. The molecule has 1 aliphatic heterocycles. The molecule has 0 fully saturated rings. The number of carbonyl (C=O) groups is 2. The molecule has 6 heteroatoms.